The van der Waals surface area contributed by atoms with Crippen molar-refractivity contribution in [3.05, 3.63) is 153 Å². The fourth-order valence-corrected chi connectivity index (χ4v) is 5.97. The molecule has 43 heavy (non-hydrogen) atoms. The molecule has 0 aliphatic heterocycles. The highest BCUT2D eigenvalue weighted by Gasteiger charge is 2.12. The van der Waals surface area contributed by atoms with E-state index in [2.05, 4.69) is 86.5 Å². The Kier molecular flexibility index (Phi) is 8.40. The molecule has 0 aliphatic carbocycles. The van der Waals surface area contributed by atoms with E-state index in [1.807, 2.05) is 54.6 Å². The van der Waals surface area contributed by atoms with E-state index in [1.54, 1.807) is 24.4 Å². The maximum atomic E-state index is 12.8. The Labute approximate surface area is 263 Å². The fraction of sp³-hybridized carbons (Fsp3) is 0.0556. The van der Waals surface area contributed by atoms with Gasteiger partial charge in [-0.1, -0.05) is 78.3 Å². The topological polar surface area (TPSA) is 55.6 Å². The number of hydrazone groups is 1. The van der Waals surface area contributed by atoms with Crippen LogP contribution >= 0.6 is 27.5 Å². The van der Waals surface area contributed by atoms with E-state index in [0.717, 1.165) is 33.6 Å². The summed E-state index contributed by atoms with van der Waals surface area (Å²) in [5.41, 5.74) is 9.16. The number of carbonyl (C=O) groups is 1. The molecule has 6 rings (SSSR count). The lowest BCUT2D eigenvalue weighted by Crippen LogP contribution is -2.17. The number of aromatic nitrogens is 1. The van der Waals surface area contributed by atoms with Crippen molar-refractivity contribution in [1.29, 1.82) is 0 Å². The molecular formula is C36H27BrClN3O2. The van der Waals surface area contributed by atoms with Crippen LogP contribution in [0.15, 0.2) is 131 Å². The fourth-order valence-electron chi connectivity index (χ4n) is 4.98. The van der Waals surface area contributed by atoms with Crippen molar-refractivity contribution in [2.45, 2.75) is 13.5 Å². The van der Waals surface area contributed by atoms with Gasteiger partial charge in [0.05, 0.1) is 21.4 Å². The van der Waals surface area contributed by atoms with E-state index in [-0.39, 0.29) is 5.91 Å². The zero-order valence-corrected chi connectivity index (χ0v) is 25.6. The Morgan fingerprint density at radius 2 is 1.63 bits per heavy atom. The molecule has 0 saturated heterocycles. The summed E-state index contributed by atoms with van der Waals surface area (Å²) in [4.78, 5) is 12.8. The molecule has 0 fully saturated rings. The Bertz CT molecular complexity index is 1930. The number of amides is 1. The molecule has 7 heteroatoms. The average molecular weight is 649 g/mol. The van der Waals surface area contributed by atoms with Gasteiger partial charge < -0.3 is 9.30 Å². The van der Waals surface area contributed by atoms with Gasteiger partial charge in [-0.2, -0.15) is 5.10 Å². The molecule has 1 amide bonds. The molecule has 6 aromatic rings. The van der Waals surface area contributed by atoms with Crippen molar-refractivity contribution < 1.29 is 9.53 Å². The number of nitrogens with zero attached hydrogens (tertiary/aromatic N) is 2. The first kappa shape index (κ1) is 28.5. The normalized spacial score (nSPS) is 11.2. The lowest BCUT2D eigenvalue weighted by Gasteiger charge is -2.13. The zero-order chi connectivity index (χ0) is 29.8. The van der Waals surface area contributed by atoms with Gasteiger partial charge in [-0.3, -0.25) is 4.79 Å². The number of ether oxygens (including phenoxy) is 1. The van der Waals surface area contributed by atoms with Crippen LogP contribution in [-0.4, -0.2) is 16.7 Å². The molecule has 1 N–H and O–H groups in total. The lowest BCUT2D eigenvalue weighted by molar-refractivity contribution is 0.0955. The van der Waals surface area contributed by atoms with Crippen LogP contribution in [0.3, 0.4) is 0 Å². The van der Waals surface area contributed by atoms with Gasteiger partial charge in [0, 0.05) is 16.9 Å². The summed E-state index contributed by atoms with van der Waals surface area (Å²) in [6, 6.07) is 39.9. The minimum atomic E-state index is -0.309. The van der Waals surface area contributed by atoms with Gasteiger partial charge in [0.2, 0.25) is 0 Å². The summed E-state index contributed by atoms with van der Waals surface area (Å²) in [5, 5.41) is 6.92. The number of aryl methyl sites for hydroxylation is 1. The van der Waals surface area contributed by atoms with E-state index < -0.39 is 0 Å². The van der Waals surface area contributed by atoms with Crippen molar-refractivity contribution in [2.24, 2.45) is 5.10 Å². The predicted octanol–water partition coefficient (Wildman–Crippen LogP) is 9.36. The molecule has 1 aromatic heterocycles. The van der Waals surface area contributed by atoms with Gasteiger partial charge >= 0.3 is 0 Å². The van der Waals surface area contributed by atoms with Crippen LogP contribution in [0.5, 0.6) is 5.75 Å². The van der Waals surface area contributed by atoms with E-state index in [4.69, 9.17) is 16.3 Å². The van der Waals surface area contributed by atoms with Crippen molar-refractivity contribution in [1.82, 2.24) is 9.99 Å². The molecule has 5 nitrogen and oxygen atoms in total. The number of hydrogen-bond acceptors (Lipinski definition) is 3. The molecule has 0 unspecified atom stereocenters. The van der Waals surface area contributed by atoms with E-state index in [9.17, 15) is 4.79 Å². The van der Waals surface area contributed by atoms with E-state index in [0.29, 0.717) is 33.0 Å². The maximum absolute atomic E-state index is 12.8. The summed E-state index contributed by atoms with van der Waals surface area (Å²) < 4.78 is 8.91. The largest absolute Gasteiger partial charge is 0.486 e. The standard InChI is InChI=1S/C36H27BrClN3O2/c1-24-11-18-34(28-8-3-2-4-9-28)41(24)31-16-14-29(15-17-31)36(42)40-39-22-26-20-32(37)35(33(38)21-26)43-23-25-12-13-27-7-5-6-10-30(27)19-25/h2-22H,23H2,1H3,(H,40,42)/b39-22+. The van der Waals surface area contributed by atoms with Gasteiger partial charge in [0.15, 0.2) is 5.75 Å². The monoisotopic (exact) mass is 647 g/mol. The van der Waals surface area contributed by atoms with Gasteiger partial charge in [0.25, 0.3) is 5.91 Å². The average Bonchev–Trinajstić information content (AvgIpc) is 3.42. The highest BCUT2D eigenvalue weighted by atomic mass is 79.9. The summed E-state index contributed by atoms with van der Waals surface area (Å²) in [7, 11) is 0. The third-order valence-corrected chi connectivity index (χ3v) is 8.00. The first-order chi connectivity index (χ1) is 21.0. The lowest BCUT2D eigenvalue weighted by atomic mass is 10.1. The number of nitrogens with one attached hydrogen (secondary N) is 1. The molecule has 1 heterocycles. The second-order valence-corrected chi connectivity index (χ2v) is 11.4. The van der Waals surface area contributed by atoms with E-state index >= 15 is 0 Å². The van der Waals surface area contributed by atoms with Gasteiger partial charge in [-0.25, -0.2) is 5.43 Å². The number of fused-ring (bicyclic) bond motifs is 1. The van der Waals surface area contributed by atoms with E-state index in [1.165, 1.54) is 5.39 Å². The van der Waals surface area contributed by atoms with Crippen LogP contribution in [0.1, 0.15) is 27.2 Å². The minimum absolute atomic E-state index is 0.309. The number of halogens is 2. The first-order valence-electron chi connectivity index (χ1n) is 13.7. The molecule has 0 bridgehead atoms. The molecular weight excluding hydrogens is 622 g/mol. The van der Waals surface area contributed by atoms with Gasteiger partial charge in [-0.15, -0.1) is 0 Å². The quantitative estimate of drug-likeness (QED) is 0.132. The van der Waals surface area contributed by atoms with Gasteiger partial charge in [0.1, 0.15) is 6.61 Å². The Morgan fingerprint density at radius 3 is 2.40 bits per heavy atom. The number of rotatable bonds is 8. The number of benzene rings is 5. The van der Waals surface area contributed by atoms with Crippen molar-refractivity contribution in [3.8, 4) is 22.7 Å². The van der Waals surface area contributed by atoms with Crippen molar-refractivity contribution in [2.75, 3.05) is 0 Å². The molecule has 5 aromatic carbocycles. The molecule has 212 valence electrons. The molecule has 0 radical (unpaired) electrons. The smallest absolute Gasteiger partial charge is 0.271 e. The number of hydrogen-bond donors (Lipinski definition) is 1. The van der Waals surface area contributed by atoms with Crippen LogP contribution in [0, 0.1) is 6.92 Å². The van der Waals surface area contributed by atoms with Crippen molar-refractivity contribution in [3.63, 3.8) is 0 Å². The SMILES string of the molecule is Cc1ccc(-c2ccccc2)n1-c1ccc(C(=O)N/N=C/c2cc(Cl)c(OCc3ccc4ccccc4c3)c(Br)c2)cc1. The summed E-state index contributed by atoms with van der Waals surface area (Å²) in [6.45, 7) is 2.44. The number of carbonyl (C=O) groups excluding carboxylic acids is 1. The second-order valence-electron chi connectivity index (χ2n) is 10.1. The Morgan fingerprint density at radius 1 is 0.884 bits per heavy atom. The summed E-state index contributed by atoms with van der Waals surface area (Å²) >= 11 is 10.1. The molecule has 0 saturated carbocycles. The van der Waals surface area contributed by atoms with Crippen LogP contribution < -0.4 is 10.2 Å². The Hall–Kier alpha value is -4.65. The third-order valence-electron chi connectivity index (χ3n) is 7.13. The Balaban J connectivity index is 1.09. The predicted molar refractivity (Wildman–Crippen MR) is 178 cm³/mol. The highest BCUT2D eigenvalue weighted by Crippen LogP contribution is 2.35. The molecule has 0 spiro atoms. The third kappa shape index (κ3) is 6.41. The highest BCUT2D eigenvalue weighted by molar-refractivity contribution is 9.10. The maximum Gasteiger partial charge on any atom is 0.271 e. The summed E-state index contributed by atoms with van der Waals surface area (Å²) in [6.07, 6.45) is 1.55. The van der Waals surface area contributed by atoms with Crippen LogP contribution in [0.4, 0.5) is 0 Å². The molecule has 0 atom stereocenters. The van der Waals surface area contributed by atoms with Crippen LogP contribution in [0.2, 0.25) is 5.02 Å². The van der Waals surface area contributed by atoms with Crippen molar-refractivity contribution >= 4 is 50.4 Å². The zero-order valence-electron chi connectivity index (χ0n) is 23.3. The second kappa shape index (κ2) is 12.7. The van der Waals surface area contributed by atoms with Crippen LogP contribution in [-0.2, 0) is 6.61 Å². The molecule has 0 aliphatic rings. The summed E-state index contributed by atoms with van der Waals surface area (Å²) in [5.74, 6) is 0.236. The van der Waals surface area contributed by atoms with Crippen LogP contribution in [0.25, 0.3) is 27.7 Å². The van der Waals surface area contributed by atoms with Gasteiger partial charge in [-0.05, 0) is 105 Å². The minimum Gasteiger partial charge on any atom is -0.486 e. The first-order valence-corrected chi connectivity index (χ1v) is 14.9.